The lowest BCUT2D eigenvalue weighted by Crippen LogP contribution is -2.18. The lowest BCUT2D eigenvalue weighted by Gasteiger charge is -2.14. The molecule has 1 N–H and O–H groups in total. The molecule has 0 spiro atoms. The first-order chi connectivity index (χ1) is 9.90. The maximum Gasteiger partial charge on any atom is 0.127 e. The van der Waals surface area contributed by atoms with Crippen LogP contribution in [-0.2, 0) is 6.54 Å². The zero-order chi connectivity index (χ0) is 13.8. The first-order valence-corrected chi connectivity index (χ1v) is 8.08. The Morgan fingerprint density at radius 3 is 2.95 bits per heavy atom. The minimum atomic E-state index is 0.452. The number of rotatable bonds is 6. The van der Waals surface area contributed by atoms with Gasteiger partial charge in [-0.3, -0.25) is 0 Å². The molecule has 3 nitrogen and oxygen atoms in total. The van der Waals surface area contributed by atoms with Gasteiger partial charge in [0.2, 0.25) is 0 Å². The van der Waals surface area contributed by atoms with Gasteiger partial charge in [0.05, 0.1) is 17.1 Å². The molecule has 20 heavy (non-hydrogen) atoms. The third-order valence-corrected chi connectivity index (χ3v) is 4.29. The second-order valence-electron chi connectivity index (χ2n) is 5.82. The van der Waals surface area contributed by atoms with Crippen molar-refractivity contribution in [2.75, 3.05) is 6.54 Å². The standard InChI is InChI=1S/C17H25N3/c1-2-3-4-7-13-20-16-11-6-5-9-14(16)19-17(20)15-10-8-12-18-15/h5-6,9,11,15,18H,2-4,7-8,10,12-13H2,1H3/t15-/m0/s1. The number of nitrogens with one attached hydrogen (secondary N) is 1. The van der Waals surface area contributed by atoms with E-state index in [4.69, 9.17) is 4.98 Å². The van der Waals surface area contributed by atoms with E-state index in [1.165, 1.54) is 49.9 Å². The number of nitrogens with zero attached hydrogens (tertiary/aromatic N) is 2. The summed E-state index contributed by atoms with van der Waals surface area (Å²) in [7, 11) is 0. The van der Waals surface area contributed by atoms with Gasteiger partial charge >= 0.3 is 0 Å². The highest BCUT2D eigenvalue weighted by atomic mass is 15.1. The predicted octanol–water partition coefficient (Wildman–Crippen LogP) is 4.04. The predicted molar refractivity (Wildman–Crippen MR) is 83.9 cm³/mol. The summed E-state index contributed by atoms with van der Waals surface area (Å²) in [5.74, 6) is 1.25. The Bertz CT molecular complexity index is 552. The summed E-state index contributed by atoms with van der Waals surface area (Å²) in [6, 6.07) is 9.01. The van der Waals surface area contributed by atoms with Crippen molar-refractivity contribution in [3.8, 4) is 0 Å². The minimum absolute atomic E-state index is 0.452. The van der Waals surface area contributed by atoms with E-state index in [1.54, 1.807) is 0 Å². The van der Waals surface area contributed by atoms with Crippen molar-refractivity contribution in [2.45, 2.75) is 58.0 Å². The number of aryl methyl sites for hydroxylation is 1. The molecule has 3 rings (SSSR count). The second-order valence-corrected chi connectivity index (χ2v) is 5.82. The third kappa shape index (κ3) is 2.73. The number of para-hydroxylation sites is 2. The van der Waals surface area contributed by atoms with Crippen LogP contribution in [0.4, 0.5) is 0 Å². The van der Waals surface area contributed by atoms with E-state index in [-0.39, 0.29) is 0 Å². The van der Waals surface area contributed by atoms with Gasteiger partial charge in [0, 0.05) is 6.54 Å². The molecule has 108 valence electrons. The van der Waals surface area contributed by atoms with Gasteiger partial charge in [0.15, 0.2) is 0 Å². The zero-order valence-corrected chi connectivity index (χ0v) is 12.4. The van der Waals surface area contributed by atoms with E-state index in [0.717, 1.165) is 18.6 Å². The van der Waals surface area contributed by atoms with Gasteiger partial charge in [0.25, 0.3) is 0 Å². The number of benzene rings is 1. The van der Waals surface area contributed by atoms with Gasteiger partial charge in [-0.1, -0.05) is 38.3 Å². The molecule has 0 saturated carbocycles. The van der Waals surface area contributed by atoms with Gasteiger partial charge in [0.1, 0.15) is 5.82 Å². The third-order valence-electron chi connectivity index (χ3n) is 4.29. The number of imidazole rings is 1. The molecular formula is C17H25N3. The largest absolute Gasteiger partial charge is 0.327 e. The van der Waals surface area contributed by atoms with Crippen LogP contribution in [0.1, 0.15) is 57.3 Å². The molecule has 1 atom stereocenters. The van der Waals surface area contributed by atoms with Crippen molar-refractivity contribution in [2.24, 2.45) is 0 Å². The van der Waals surface area contributed by atoms with Crippen molar-refractivity contribution in [3.05, 3.63) is 30.1 Å². The smallest absolute Gasteiger partial charge is 0.127 e. The molecule has 1 aromatic heterocycles. The molecule has 2 aromatic rings. The quantitative estimate of drug-likeness (QED) is 0.804. The van der Waals surface area contributed by atoms with Crippen LogP contribution in [-0.4, -0.2) is 16.1 Å². The summed E-state index contributed by atoms with van der Waals surface area (Å²) >= 11 is 0. The van der Waals surface area contributed by atoms with Crippen LogP contribution in [0.15, 0.2) is 24.3 Å². The number of hydrogen-bond donors (Lipinski definition) is 1. The average Bonchev–Trinajstić information content (AvgIpc) is 3.11. The molecule has 2 heterocycles. The minimum Gasteiger partial charge on any atom is -0.327 e. The molecular weight excluding hydrogens is 246 g/mol. The summed E-state index contributed by atoms with van der Waals surface area (Å²) < 4.78 is 2.45. The number of fused-ring (bicyclic) bond motifs is 1. The highest BCUT2D eigenvalue weighted by Gasteiger charge is 2.22. The Morgan fingerprint density at radius 1 is 1.25 bits per heavy atom. The summed E-state index contributed by atoms with van der Waals surface area (Å²) in [6.45, 7) is 4.50. The van der Waals surface area contributed by atoms with Crippen molar-refractivity contribution in [1.29, 1.82) is 0 Å². The lowest BCUT2D eigenvalue weighted by molar-refractivity contribution is 0.525. The Labute approximate surface area is 121 Å². The normalized spacial score (nSPS) is 18.9. The summed E-state index contributed by atoms with van der Waals surface area (Å²) in [5.41, 5.74) is 2.44. The molecule has 3 heteroatoms. The highest BCUT2D eigenvalue weighted by Crippen LogP contribution is 2.27. The summed E-state index contributed by atoms with van der Waals surface area (Å²) in [5, 5.41) is 3.59. The van der Waals surface area contributed by atoms with E-state index in [0.29, 0.717) is 6.04 Å². The van der Waals surface area contributed by atoms with Crippen LogP contribution in [0.3, 0.4) is 0 Å². The van der Waals surface area contributed by atoms with Gasteiger partial charge < -0.3 is 9.88 Å². The number of hydrogen-bond acceptors (Lipinski definition) is 2. The number of aromatic nitrogens is 2. The van der Waals surface area contributed by atoms with Gasteiger partial charge in [-0.15, -0.1) is 0 Å². The van der Waals surface area contributed by atoms with E-state index in [1.807, 2.05) is 0 Å². The van der Waals surface area contributed by atoms with E-state index < -0.39 is 0 Å². The fourth-order valence-corrected chi connectivity index (χ4v) is 3.20. The van der Waals surface area contributed by atoms with Crippen LogP contribution in [0.5, 0.6) is 0 Å². The van der Waals surface area contributed by atoms with Gasteiger partial charge in [-0.2, -0.15) is 0 Å². The molecule has 0 aliphatic carbocycles. The molecule has 1 aliphatic rings. The SMILES string of the molecule is CCCCCCn1c([C@@H]2CCCN2)nc2ccccc21. The van der Waals surface area contributed by atoms with Crippen molar-refractivity contribution < 1.29 is 0 Å². The summed E-state index contributed by atoms with van der Waals surface area (Å²) in [4.78, 5) is 4.89. The van der Waals surface area contributed by atoms with Gasteiger partial charge in [-0.25, -0.2) is 4.98 Å². The maximum atomic E-state index is 4.89. The lowest BCUT2D eigenvalue weighted by atomic mass is 10.2. The zero-order valence-electron chi connectivity index (χ0n) is 12.4. The number of unbranched alkanes of at least 4 members (excludes halogenated alkanes) is 3. The second kappa shape index (κ2) is 6.40. The average molecular weight is 271 g/mol. The van der Waals surface area contributed by atoms with E-state index in [9.17, 15) is 0 Å². The van der Waals surface area contributed by atoms with Crippen molar-refractivity contribution >= 4 is 11.0 Å². The van der Waals surface area contributed by atoms with Crippen LogP contribution < -0.4 is 5.32 Å². The first kappa shape index (κ1) is 13.6. The molecule has 1 aliphatic heterocycles. The maximum absolute atomic E-state index is 4.89. The van der Waals surface area contributed by atoms with E-state index >= 15 is 0 Å². The molecule has 1 fully saturated rings. The first-order valence-electron chi connectivity index (χ1n) is 8.08. The molecule has 0 amide bonds. The van der Waals surface area contributed by atoms with Crippen molar-refractivity contribution in [3.63, 3.8) is 0 Å². The van der Waals surface area contributed by atoms with Crippen LogP contribution >= 0.6 is 0 Å². The molecule has 0 radical (unpaired) electrons. The Kier molecular flexibility index (Phi) is 4.36. The van der Waals surface area contributed by atoms with Crippen LogP contribution in [0, 0.1) is 0 Å². The molecule has 0 bridgehead atoms. The fourth-order valence-electron chi connectivity index (χ4n) is 3.20. The van der Waals surface area contributed by atoms with Crippen LogP contribution in [0.25, 0.3) is 11.0 Å². The van der Waals surface area contributed by atoms with Crippen molar-refractivity contribution in [1.82, 2.24) is 14.9 Å². The molecule has 1 aromatic carbocycles. The van der Waals surface area contributed by atoms with E-state index in [2.05, 4.69) is 41.1 Å². The molecule has 0 unspecified atom stereocenters. The Balaban J connectivity index is 1.87. The van der Waals surface area contributed by atoms with Crippen LogP contribution in [0.2, 0.25) is 0 Å². The van der Waals surface area contributed by atoms with Gasteiger partial charge in [-0.05, 0) is 37.9 Å². The fraction of sp³-hybridized carbons (Fsp3) is 0.588. The monoisotopic (exact) mass is 271 g/mol. The topological polar surface area (TPSA) is 29.9 Å². The summed E-state index contributed by atoms with van der Waals surface area (Å²) in [6.07, 6.45) is 7.70. The molecule has 1 saturated heterocycles. The Morgan fingerprint density at radius 2 is 2.15 bits per heavy atom. The highest BCUT2D eigenvalue weighted by molar-refractivity contribution is 5.76. The Hall–Kier alpha value is -1.35.